The molecular weight excluding hydrogens is 451 g/mol. The van der Waals surface area contributed by atoms with Gasteiger partial charge in [-0.1, -0.05) is 54.6 Å². The lowest BCUT2D eigenvalue weighted by molar-refractivity contribution is -0.130. The molecule has 1 atom stereocenters. The topological polar surface area (TPSA) is 75.4 Å². The molecule has 1 unspecified atom stereocenters. The van der Waals surface area contributed by atoms with Gasteiger partial charge in [0.2, 0.25) is 0 Å². The Kier molecular flexibility index (Phi) is 4.49. The third kappa shape index (κ3) is 3.36. The molecule has 0 radical (unpaired) electrons. The molecule has 4 nitrogen and oxygen atoms in total. The molecule has 0 saturated heterocycles. The van der Waals surface area contributed by atoms with Crippen LogP contribution in [-0.4, -0.2) is 11.1 Å². The molecule has 0 fully saturated rings. The number of benzene rings is 3. The van der Waals surface area contributed by atoms with Crippen molar-refractivity contribution < 1.29 is 9.90 Å². The van der Waals surface area contributed by atoms with Gasteiger partial charge in [0.1, 0.15) is 5.66 Å². The van der Waals surface area contributed by atoms with Crippen LogP contribution >= 0.6 is 22.6 Å². The highest BCUT2D eigenvalue weighted by molar-refractivity contribution is 14.1. The summed E-state index contributed by atoms with van der Waals surface area (Å²) in [5.41, 5.74) is 10.1. The van der Waals surface area contributed by atoms with Gasteiger partial charge in [-0.3, -0.25) is 0 Å². The van der Waals surface area contributed by atoms with E-state index in [9.17, 15) is 9.90 Å². The van der Waals surface area contributed by atoms with E-state index in [4.69, 9.17) is 5.73 Å². The van der Waals surface area contributed by atoms with Crippen molar-refractivity contribution in [1.82, 2.24) is 0 Å². The Morgan fingerprint density at radius 1 is 0.963 bits per heavy atom. The van der Waals surface area contributed by atoms with E-state index in [2.05, 4.69) is 27.9 Å². The second kappa shape index (κ2) is 6.83. The van der Waals surface area contributed by atoms with E-state index in [-0.39, 0.29) is 5.57 Å². The molecule has 3 aromatic carbocycles. The first-order valence-electron chi connectivity index (χ1n) is 8.45. The minimum Gasteiger partial charge on any atom is -0.478 e. The van der Waals surface area contributed by atoms with Crippen LogP contribution in [0.15, 0.2) is 78.9 Å². The van der Waals surface area contributed by atoms with E-state index in [1.807, 2.05) is 72.8 Å². The predicted molar refractivity (Wildman–Crippen MR) is 116 cm³/mol. The van der Waals surface area contributed by atoms with Gasteiger partial charge in [-0.15, -0.1) is 0 Å². The lowest BCUT2D eigenvalue weighted by Crippen LogP contribution is -2.45. The molecule has 134 valence electrons. The molecule has 0 aliphatic carbocycles. The molecule has 3 aromatic rings. The van der Waals surface area contributed by atoms with Gasteiger partial charge >= 0.3 is 5.97 Å². The van der Waals surface area contributed by atoms with Crippen molar-refractivity contribution in [2.45, 2.75) is 5.66 Å². The van der Waals surface area contributed by atoms with Crippen LogP contribution in [-0.2, 0) is 10.5 Å². The monoisotopic (exact) mass is 468 g/mol. The normalized spacial score (nSPS) is 18.2. The molecule has 4 rings (SSSR count). The second-order valence-electron chi connectivity index (χ2n) is 6.49. The van der Waals surface area contributed by atoms with E-state index >= 15 is 0 Å². The highest BCUT2D eigenvalue weighted by Crippen LogP contribution is 2.37. The number of carboxylic acids is 1. The predicted octanol–water partition coefficient (Wildman–Crippen LogP) is 4.66. The summed E-state index contributed by atoms with van der Waals surface area (Å²) in [7, 11) is 0. The van der Waals surface area contributed by atoms with Crippen molar-refractivity contribution in [3.8, 4) is 11.1 Å². The van der Waals surface area contributed by atoms with Crippen molar-refractivity contribution in [3.63, 3.8) is 0 Å². The Balaban J connectivity index is 1.76. The summed E-state index contributed by atoms with van der Waals surface area (Å²) >= 11 is 2.17. The van der Waals surface area contributed by atoms with Crippen LogP contribution in [0.3, 0.4) is 0 Å². The fraction of sp³-hybridized carbons (Fsp3) is 0.0455. The summed E-state index contributed by atoms with van der Waals surface area (Å²) in [4.78, 5) is 11.8. The standard InChI is InChI=1S/C22H17IN2O2/c23-17-10-11-20-18(12-17)19(21(26)27)13-22(24,25-20)16-8-6-15(7-9-16)14-4-2-1-3-5-14/h1-13,25H,24H2,(H,26,27). The van der Waals surface area contributed by atoms with Gasteiger partial charge < -0.3 is 16.2 Å². The number of nitrogens with one attached hydrogen (secondary N) is 1. The van der Waals surface area contributed by atoms with Gasteiger partial charge in [0.05, 0.1) is 5.57 Å². The number of carbonyl (C=O) groups is 1. The number of hydrogen-bond acceptors (Lipinski definition) is 3. The third-order valence-corrected chi connectivity index (χ3v) is 5.36. The number of fused-ring (bicyclic) bond motifs is 1. The first kappa shape index (κ1) is 17.8. The van der Waals surface area contributed by atoms with Crippen LogP contribution in [0.1, 0.15) is 11.1 Å². The lowest BCUT2D eigenvalue weighted by atomic mass is 9.88. The summed E-state index contributed by atoms with van der Waals surface area (Å²) in [6.07, 6.45) is 1.59. The average molecular weight is 468 g/mol. The van der Waals surface area contributed by atoms with Crippen LogP contribution < -0.4 is 11.1 Å². The summed E-state index contributed by atoms with van der Waals surface area (Å²) in [5.74, 6) is -0.990. The number of hydrogen-bond donors (Lipinski definition) is 3. The maximum Gasteiger partial charge on any atom is 0.336 e. The Morgan fingerprint density at radius 3 is 2.30 bits per heavy atom. The van der Waals surface area contributed by atoms with Crippen molar-refractivity contribution >= 4 is 39.8 Å². The number of anilines is 1. The molecule has 1 aliphatic heterocycles. The highest BCUT2D eigenvalue weighted by atomic mass is 127. The van der Waals surface area contributed by atoms with Gasteiger partial charge in [-0.2, -0.15) is 0 Å². The molecule has 1 heterocycles. The lowest BCUT2D eigenvalue weighted by Gasteiger charge is -2.34. The molecule has 5 heteroatoms. The quantitative estimate of drug-likeness (QED) is 0.489. The molecule has 0 saturated carbocycles. The smallest absolute Gasteiger partial charge is 0.336 e. The minimum absolute atomic E-state index is 0.205. The number of nitrogens with two attached hydrogens (primary N) is 1. The number of rotatable bonds is 3. The number of halogens is 1. The molecule has 4 N–H and O–H groups in total. The Hall–Kier alpha value is -2.64. The number of carboxylic acid groups (broad SMARTS) is 1. The summed E-state index contributed by atoms with van der Waals surface area (Å²) < 4.78 is 0.969. The third-order valence-electron chi connectivity index (χ3n) is 4.69. The van der Waals surface area contributed by atoms with E-state index in [0.29, 0.717) is 11.3 Å². The van der Waals surface area contributed by atoms with Crippen molar-refractivity contribution in [2.24, 2.45) is 5.73 Å². The molecule has 0 spiro atoms. The maximum atomic E-state index is 11.8. The zero-order valence-corrected chi connectivity index (χ0v) is 16.5. The van der Waals surface area contributed by atoms with Gasteiger partial charge in [-0.25, -0.2) is 4.79 Å². The molecule has 0 amide bonds. The van der Waals surface area contributed by atoms with Gasteiger partial charge in [-0.05, 0) is 63.6 Å². The van der Waals surface area contributed by atoms with Crippen LogP contribution in [0, 0.1) is 3.57 Å². The Bertz CT molecular complexity index is 1050. The van der Waals surface area contributed by atoms with Crippen LogP contribution in [0.5, 0.6) is 0 Å². The second-order valence-corrected chi connectivity index (χ2v) is 7.74. The van der Waals surface area contributed by atoms with Crippen LogP contribution in [0.4, 0.5) is 5.69 Å². The number of aliphatic carboxylic acids is 1. The first-order chi connectivity index (χ1) is 13.0. The zero-order chi connectivity index (χ0) is 19.0. The van der Waals surface area contributed by atoms with Gasteiger partial charge in [0.15, 0.2) is 0 Å². The average Bonchev–Trinajstić information content (AvgIpc) is 2.68. The van der Waals surface area contributed by atoms with Crippen LogP contribution in [0.25, 0.3) is 16.7 Å². The maximum absolute atomic E-state index is 11.8. The van der Waals surface area contributed by atoms with E-state index in [1.165, 1.54) is 0 Å². The summed E-state index contributed by atoms with van der Waals surface area (Å²) in [6, 6.07) is 23.6. The fourth-order valence-corrected chi connectivity index (χ4v) is 3.81. The Morgan fingerprint density at radius 2 is 1.63 bits per heavy atom. The highest BCUT2D eigenvalue weighted by Gasteiger charge is 2.33. The minimum atomic E-state index is -1.09. The molecular formula is C22H17IN2O2. The SMILES string of the molecule is NC1(c2ccc(-c3ccccc3)cc2)C=C(C(=O)O)c2cc(I)ccc2N1. The first-order valence-corrected chi connectivity index (χ1v) is 9.53. The summed E-state index contributed by atoms with van der Waals surface area (Å²) in [5, 5.41) is 13.0. The molecule has 0 bridgehead atoms. The zero-order valence-electron chi connectivity index (χ0n) is 14.3. The van der Waals surface area contributed by atoms with Gasteiger partial charge in [0.25, 0.3) is 0 Å². The fourth-order valence-electron chi connectivity index (χ4n) is 3.31. The molecule has 27 heavy (non-hydrogen) atoms. The largest absolute Gasteiger partial charge is 0.478 e. The van der Waals surface area contributed by atoms with Gasteiger partial charge in [0, 0.05) is 14.8 Å². The molecule has 0 aromatic heterocycles. The van der Waals surface area contributed by atoms with E-state index < -0.39 is 11.6 Å². The van der Waals surface area contributed by atoms with E-state index in [0.717, 1.165) is 20.3 Å². The molecule has 1 aliphatic rings. The van der Waals surface area contributed by atoms with E-state index in [1.54, 1.807) is 6.08 Å². The van der Waals surface area contributed by atoms with Crippen molar-refractivity contribution in [1.29, 1.82) is 0 Å². The Labute approximate surface area is 170 Å². The summed E-state index contributed by atoms with van der Waals surface area (Å²) in [6.45, 7) is 0. The van der Waals surface area contributed by atoms with Crippen LogP contribution in [0.2, 0.25) is 0 Å². The van der Waals surface area contributed by atoms with Crippen molar-refractivity contribution in [3.05, 3.63) is 93.6 Å². The van der Waals surface area contributed by atoms with Crippen molar-refractivity contribution in [2.75, 3.05) is 5.32 Å².